The van der Waals surface area contributed by atoms with Crippen molar-refractivity contribution in [1.82, 2.24) is 0 Å². The van der Waals surface area contributed by atoms with Crippen molar-refractivity contribution in [3.63, 3.8) is 0 Å². The van der Waals surface area contributed by atoms with Gasteiger partial charge >= 0.3 is 5.97 Å². The molecular weight excluding hydrogens is 208 g/mol. The lowest BCUT2D eigenvalue weighted by Crippen LogP contribution is -2.16. The van der Waals surface area contributed by atoms with Gasteiger partial charge in [0.15, 0.2) is 5.76 Å². The second-order valence-electron chi connectivity index (χ2n) is 4.87. The SMILES string of the molecule is COC1=C2OC(C)(C)CC2CC(C(=O)O)=C1. The van der Waals surface area contributed by atoms with E-state index in [1.54, 1.807) is 6.08 Å². The van der Waals surface area contributed by atoms with E-state index in [0.717, 1.165) is 12.2 Å². The molecule has 0 aromatic carbocycles. The van der Waals surface area contributed by atoms with Gasteiger partial charge in [0.1, 0.15) is 11.4 Å². The molecule has 1 N–H and O–H groups in total. The summed E-state index contributed by atoms with van der Waals surface area (Å²) in [6.45, 7) is 4.01. The first-order chi connectivity index (χ1) is 7.43. The van der Waals surface area contributed by atoms with Gasteiger partial charge in [0, 0.05) is 11.5 Å². The lowest BCUT2D eigenvalue weighted by Gasteiger charge is -2.19. The van der Waals surface area contributed by atoms with Crippen molar-refractivity contribution >= 4 is 5.97 Å². The molecule has 0 radical (unpaired) electrons. The topological polar surface area (TPSA) is 55.8 Å². The second kappa shape index (κ2) is 3.54. The van der Waals surface area contributed by atoms with Crippen LogP contribution in [0.1, 0.15) is 26.7 Å². The van der Waals surface area contributed by atoms with E-state index in [2.05, 4.69) is 0 Å². The van der Waals surface area contributed by atoms with Gasteiger partial charge in [0.05, 0.1) is 7.11 Å². The molecule has 0 amide bonds. The summed E-state index contributed by atoms with van der Waals surface area (Å²) in [4.78, 5) is 11.0. The lowest BCUT2D eigenvalue weighted by molar-refractivity contribution is -0.133. The Hall–Kier alpha value is -1.45. The van der Waals surface area contributed by atoms with Crippen molar-refractivity contribution < 1.29 is 19.4 Å². The molecule has 0 bridgehead atoms. The van der Waals surface area contributed by atoms with Crippen LogP contribution in [0.5, 0.6) is 0 Å². The standard InChI is InChI=1S/C12H16O4/c1-12(2)6-8-4-7(11(13)14)5-9(15-3)10(8)16-12/h5,8H,4,6H2,1-3H3,(H,13,14). The molecule has 1 aliphatic carbocycles. The zero-order valence-electron chi connectivity index (χ0n) is 9.74. The van der Waals surface area contributed by atoms with Crippen LogP contribution < -0.4 is 0 Å². The van der Waals surface area contributed by atoms with Crippen molar-refractivity contribution in [2.75, 3.05) is 7.11 Å². The Balaban J connectivity index is 2.35. The Bertz CT molecular complexity index is 390. The smallest absolute Gasteiger partial charge is 0.331 e. The molecular formula is C12H16O4. The number of hydrogen-bond donors (Lipinski definition) is 1. The maximum absolute atomic E-state index is 11.0. The molecule has 1 saturated heterocycles. The predicted molar refractivity (Wildman–Crippen MR) is 57.6 cm³/mol. The third-order valence-electron chi connectivity index (χ3n) is 3.00. The van der Waals surface area contributed by atoms with E-state index in [4.69, 9.17) is 14.6 Å². The van der Waals surface area contributed by atoms with Gasteiger partial charge in [-0.05, 0) is 32.8 Å². The molecule has 2 aliphatic rings. The van der Waals surface area contributed by atoms with Crippen LogP contribution in [0.2, 0.25) is 0 Å². The molecule has 1 aliphatic heterocycles. The fourth-order valence-corrected chi connectivity index (χ4v) is 2.39. The maximum atomic E-state index is 11.0. The van der Waals surface area contributed by atoms with Crippen molar-refractivity contribution in [1.29, 1.82) is 0 Å². The molecule has 4 heteroatoms. The summed E-state index contributed by atoms with van der Waals surface area (Å²) < 4.78 is 11.0. The Morgan fingerprint density at radius 3 is 2.88 bits per heavy atom. The van der Waals surface area contributed by atoms with Crippen LogP contribution in [0.15, 0.2) is 23.2 Å². The highest BCUT2D eigenvalue weighted by molar-refractivity contribution is 5.87. The van der Waals surface area contributed by atoms with Crippen molar-refractivity contribution in [3.05, 3.63) is 23.2 Å². The van der Waals surface area contributed by atoms with Crippen LogP contribution in [0.3, 0.4) is 0 Å². The molecule has 1 heterocycles. The highest BCUT2D eigenvalue weighted by Crippen LogP contribution is 2.44. The van der Waals surface area contributed by atoms with Gasteiger partial charge in [0.2, 0.25) is 0 Å². The van der Waals surface area contributed by atoms with Crippen molar-refractivity contribution in [2.24, 2.45) is 5.92 Å². The number of carboxylic acid groups (broad SMARTS) is 1. The first kappa shape index (κ1) is 11.0. The minimum Gasteiger partial charge on any atom is -0.493 e. The number of aliphatic carboxylic acids is 1. The van der Waals surface area contributed by atoms with E-state index in [1.165, 1.54) is 7.11 Å². The quantitative estimate of drug-likeness (QED) is 0.780. The molecule has 1 fully saturated rings. The number of rotatable bonds is 2. The molecule has 0 aromatic rings. The molecule has 88 valence electrons. The first-order valence-electron chi connectivity index (χ1n) is 5.34. The molecule has 0 spiro atoms. The number of ether oxygens (including phenoxy) is 2. The van der Waals surface area contributed by atoms with Crippen LogP contribution >= 0.6 is 0 Å². The van der Waals surface area contributed by atoms with Crippen LogP contribution in [0.4, 0.5) is 0 Å². The zero-order valence-corrected chi connectivity index (χ0v) is 9.74. The average Bonchev–Trinajstić information content (AvgIpc) is 2.49. The predicted octanol–water partition coefficient (Wildman–Crippen LogP) is 2.07. The van der Waals surface area contributed by atoms with E-state index in [0.29, 0.717) is 17.8 Å². The fraction of sp³-hybridized carbons (Fsp3) is 0.583. The van der Waals surface area contributed by atoms with Gasteiger partial charge in [-0.1, -0.05) is 0 Å². The van der Waals surface area contributed by atoms with Crippen LogP contribution in [0, 0.1) is 5.92 Å². The highest BCUT2D eigenvalue weighted by Gasteiger charge is 2.41. The monoisotopic (exact) mass is 224 g/mol. The highest BCUT2D eigenvalue weighted by atomic mass is 16.5. The summed E-state index contributed by atoms with van der Waals surface area (Å²) in [5.74, 6) is 0.621. The Kier molecular flexibility index (Phi) is 2.45. The van der Waals surface area contributed by atoms with Gasteiger partial charge in [-0.2, -0.15) is 0 Å². The third kappa shape index (κ3) is 1.79. The van der Waals surface area contributed by atoms with Crippen LogP contribution in [0.25, 0.3) is 0 Å². The largest absolute Gasteiger partial charge is 0.493 e. The number of hydrogen-bond acceptors (Lipinski definition) is 3. The van der Waals surface area contributed by atoms with Gasteiger partial charge in [0.25, 0.3) is 0 Å². The van der Waals surface area contributed by atoms with Crippen molar-refractivity contribution in [3.8, 4) is 0 Å². The van der Waals surface area contributed by atoms with Gasteiger partial charge in [-0.15, -0.1) is 0 Å². The minimum atomic E-state index is -0.877. The number of carbonyl (C=O) groups is 1. The Labute approximate surface area is 94.5 Å². The van der Waals surface area contributed by atoms with E-state index in [1.807, 2.05) is 13.8 Å². The molecule has 0 saturated carbocycles. The summed E-state index contributed by atoms with van der Waals surface area (Å²) in [5, 5.41) is 9.01. The molecule has 1 unspecified atom stereocenters. The van der Waals surface area contributed by atoms with Gasteiger partial charge in [-0.25, -0.2) is 4.79 Å². The number of carboxylic acids is 1. The van der Waals surface area contributed by atoms with Gasteiger partial charge < -0.3 is 14.6 Å². The minimum absolute atomic E-state index is 0.140. The first-order valence-corrected chi connectivity index (χ1v) is 5.34. The molecule has 1 atom stereocenters. The molecule has 4 nitrogen and oxygen atoms in total. The summed E-state index contributed by atoms with van der Waals surface area (Å²) in [7, 11) is 1.54. The lowest BCUT2D eigenvalue weighted by atomic mass is 9.87. The second-order valence-corrected chi connectivity index (χ2v) is 4.87. The van der Waals surface area contributed by atoms with E-state index in [-0.39, 0.29) is 11.5 Å². The van der Waals surface area contributed by atoms with E-state index >= 15 is 0 Å². The summed E-state index contributed by atoms with van der Waals surface area (Å²) in [6, 6.07) is 0. The van der Waals surface area contributed by atoms with E-state index < -0.39 is 5.97 Å². The summed E-state index contributed by atoms with van der Waals surface area (Å²) in [5.41, 5.74) is 0.165. The van der Waals surface area contributed by atoms with Gasteiger partial charge in [-0.3, -0.25) is 0 Å². The molecule has 0 aromatic heterocycles. The third-order valence-corrected chi connectivity index (χ3v) is 3.00. The number of fused-ring (bicyclic) bond motifs is 1. The average molecular weight is 224 g/mol. The number of allylic oxidation sites excluding steroid dienone is 2. The zero-order chi connectivity index (χ0) is 11.9. The molecule has 2 rings (SSSR count). The normalized spacial score (nSPS) is 26.9. The fourth-order valence-electron chi connectivity index (χ4n) is 2.39. The molecule has 16 heavy (non-hydrogen) atoms. The van der Waals surface area contributed by atoms with Crippen LogP contribution in [-0.4, -0.2) is 23.8 Å². The van der Waals surface area contributed by atoms with Crippen molar-refractivity contribution in [2.45, 2.75) is 32.3 Å². The Morgan fingerprint density at radius 2 is 2.31 bits per heavy atom. The Morgan fingerprint density at radius 1 is 1.62 bits per heavy atom. The summed E-state index contributed by atoms with van der Waals surface area (Å²) in [6.07, 6.45) is 2.93. The number of methoxy groups -OCH3 is 1. The van der Waals surface area contributed by atoms with E-state index in [9.17, 15) is 4.79 Å². The summed E-state index contributed by atoms with van der Waals surface area (Å²) >= 11 is 0. The van der Waals surface area contributed by atoms with Crippen LogP contribution in [-0.2, 0) is 14.3 Å². The maximum Gasteiger partial charge on any atom is 0.331 e.